The van der Waals surface area contributed by atoms with E-state index in [1.54, 1.807) is 19.9 Å². The highest BCUT2D eigenvalue weighted by molar-refractivity contribution is 5.69. The summed E-state index contributed by atoms with van der Waals surface area (Å²) in [5.74, 6) is 0.0640. The number of nitro benzene ring substituents is 1. The average Bonchev–Trinajstić information content (AvgIpc) is 2.31. The SMILES string of the molecule is CCOC(=O)CCOc1cc([N+](=O)[O-])ccc1C. The summed E-state index contributed by atoms with van der Waals surface area (Å²) in [5, 5.41) is 10.6. The van der Waals surface area contributed by atoms with Crippen LogP contribution in [0.3, 0.4) is 0 Å². The maximum Gasteiger partial charge on any atom is 0.309 e. The molecule has 0 aliphatic heterocycles. The van der Waals surface area contributed by atoms with Gasteiger partial charge in [-0.05, 0) is 25.5 Å². The Morgan fingerprint density at radius 3 is 2.78 bits per heavy atom. The molecule has 0 aliphatic carbocycles. The van der Waals surface area contributed by atoms with Gasteiger partial charge in [0.1, 0.15) is 5.75 Å². The number of rotatable bonds is 6. The zero-order valence-electron chi connectivity index (χ0n) is 10.3. The van der Waals surface area contributed by atoms with Gasteiger partial charge in [0.15, 0.2) is 0 Å². The molecular formula is C12H15NO5. The van der Waals surface area contributed by atoms with Crippen molar-refractivity contribution in [1.29, 1.82) is 0 Å². The van der Waals surface area contributed by atoms with Gasteiger partial charge in [-0.3, -0.25) is 14.9 Å². The normalized spacial score (nSPS) is 9.89. The van der Waals surface area contributed by atoms with Gasteiger partial charge >= 0.3 is 5.97 Å². The van der Waals surface area contributed by atoms with Gasteiger partial charge in [-0.15, -0.1) is 0 Å². The Kier molecular flexibility index (Phi) is 5.10. The zero-order chi connectivity index (χ0) is 13.5. The van der Waals surface area contributed by atoms with Crippen molar-refractivity contribution in [2.24, 2.45) is 0 Å². The topological polar surface area (TPSA) is 78.7 Å². The second-order valence-corrected chi connectivity index (χ2v) is 3.61. The summed E-state index contributed by atoms with van der Waals surface area (Å²) in [6.45, 7) is 3.97. The lowest BCUT2D eigenvalue weighted by atomic mass is 10.2. The fraction of sp³-hybridized carbons (Fsp3) is 0.417. The largest absolute Gasteiger partial charge is 0.492 e. The number of carbonyl (C=O) groups is 1. The van der Waals surface area contributed by atoms with Gasteiger partial charge in [-0.25, -0.2) is 0 Å². The van der Waals surface area contributed by atoms with Crippen molar-refractivity contribution >= 4 is 11.7 Å². The Balaban J connectivity index is 2.58. The molecule has 6 heteroatoms. The molecule has 98 valence electrons. The summed E-state index contributed by atoms with van der Waals surface area (Å²) in [7, 11) is 0. The van der Waals surface area contributed by atoms with Crippen LogP contribution in [0.15, 0.2) is 18.2 Å². The molecule has 0 amide bonds. The third kappa shape index (κ3) is 4.04. The van der Waals surface area contributed by atoms with E-state index in [9.17, 15) is 14.9 Å². The highest BCUT2D eigenvalue weighted by Crippen LogP contribution is 2.24. The number of non-ortho nitro benzene ring substituents is 1. The third-order valence-corrected chi connectivity index (χ3v) is 2.25. The lowest BCUT2D eigenvalue weighted by Crippen LogP contribution is -2.10. The molecule has 0 spiro atoms. The van der Waals surface area contributed by atoms with E-state index in [-0.39, 0.29) is 24.7 Å². The fourth-order valence-electron chi connectivity index (χ4n) is 1.34. The fourth-order valence-corrected chi connectivity index (χ4v) is 1.34. The van der Waals surface area contributed by atoms with E-state index >= 15 is 0 Å². The molecule has 0 aliphatic rings. The zero-order valence-corrected chi connectivity index (χ0v) is 10.3. The predicted octanol–water partition coefficient (Wildman–Crippen LogP) is 2.24. The highest BCUT2D eigenvalue weighted by Gasteiger charge is 2.10. The van der Waals surface area contributed by atoms with Gasteiger partial charge in [-0.2, -0.15) is 0 Å². The van der Waals surface area contributed by atoms with Crippen LogP contribution in [0, 0.1) is 17.0 Å². The standard InChI is InChI=1S/C12H15NO5/c1-3-17-12(14)6-7-18-11-8-10(13(15)16)5-4-9(11)2/h4-5,8H,3,6-7H2,1-2H3. The molecule has 0 aromatic heterocycles. The molecule has 1 rings (SSSR count). The van der Waals surface area contributed by atoms with Crippen LogP contribution in [-0.4, -0.2) is 24.1 Å². The monoisotopic (exact) mass is 253 g/mol. The van der Waals surface area contributed by atoms with E-state index in [1.807, 2.05) is 0 Å². The van der Waals surface area contributed by atoms with E-state index in [0.717, 1.165) is 5.56 Å². The van der Waals surface area contributed by atoms with E-state index in [1.165, 1.54) is 12.1 Å². The number of hydrogen-bond donors (Lipinski definition) is 0. The number of carbonyl (C=O) groups excluding carboxylic acids is 1. The maximum atomic E-state index is 11.1. The lowest BCUT2D eigenvalue weighted by Gasteiger charge is -2.08. The van der Waals surface area contributed by atoms with Gasteiger partial charge in [0.05, 0.1) is 30.6 Å². The molecule has 0 radical (unpaired) electrons. The second kappa shape index (κ2) is 6.58. The molecule has 0 fully saturated rings. The minimum absolute atomic E-state index is 0.0354. The summed E-state index contributed by atoms with van der Waals surface area (Å²) in [4.78, 5) is 21.2. The molecule has 6 nitrogen and oxygen atoms in total. The van der Waals surface area contributed by atoms with Crippen molar-refractivity contribution in [3.8, 4) is 5.75 Å². The van der Waals surface area contributed by atoms with Gasteiger partial charge < -0.3 is 9.47 Å². The Morgan fingerprint density at radius 2 is 2.17 bits per heavy atom. The number of hydrogen-bond acceptors (Lipinski definition) is 5. The second-order valence-electron chi connectivity index (χ2n) is 3.61. The van der Waals surface area contributed by atoms with Gasteiger partial charge in [0, 0.05) is 6.07 Å². The summed E-state index contributed by atoms with van der Waals surface area (Å²) >= 11 is 0. The molecule has 0 saturated carbocycles. The first-order valence-corrected chi connectivity index (χ1v) is 5.58. The molecule has 0 heterocycles. The summed E-state index contributed by atoms with van der Waals surface area (Å²) in [5.41, 5.74) is 0.746. The number of nitro groups is 1. The number of benzene rings is 1. The molecule has 0 unspecified atom stereocenters. The molecule has 1 aromatic rings. The smallest absolute Gasteiger partial charge is 0.309 e. The molecule has 0 saturated heterocycles. The number of esters is 1. The number of nitrogens with zero attached hydrogens (tertiary/aromatic N) is 1. The first kappa shape index (κ1) is 14.0. The van der Waals surface area contributed by atoms with Crippen molar-refractivity contribution in [2.75, 3.05) is 13.2 Å². The van der Waals surface area contributed by atoms with Crippen LogP contribution in [0.25, 0.3) is 0 Å². The Bertz CT molecular complexity index is 444. The van der Waals surface area contributed by atoms with Crippen LogP contribution < -0.4 is 4.74 Å². The molecular weight excluding hydrogens is 238 g/mol. The number of aryl methyl sites for hydroxylation is 1. The Morgan fingerprint density at radius 1 is 1.44 bits per heavy atom. The van der Waals surface area contributed by atoms with Crippen LogP contribution in [0.2, 0.25) is 0 Å². The quantitative estimate of drug-likeness (QED) is 0.441. The minimum atomic E-state index is -0.488. The third-order valence-electron chi connectivity index (χ3n) is 2.25. The highest BCUT2D eigenvalue weighted by atomic mass is 16.6. The van der Waals surface area contributed by atoms with E-state index < -0.39 is 4.92 Å². The first-order chi connectivity index (χ1) is 8.54. The van der Waals surface area contributed by atoms with Gasteiger partial charge in [-0.1, -0.05) is 0 Å². The van der Waals surface area contributed by atoms with Crippen molar-refractivity contribution in [3.63, 3.8) is 0 Å². The van der Waals surface area contributed by atoms with Gasteiger partial charge in [0.2, 0.25) is 0 Å². The van der Waals surface area contributed by atoms with Gasteiger partial charge in [0.25, 0.3) is 5.69 Å². The molecule has 0 N–H and O–H groups in total. The Hall–Kier alpha value is -2.11. The van der Waals surface area contributed by atoms with Crippen LogP contribution in [0.4, 0.5) is 5.69 Å². The predicted molar refractivity (Wildman–Crippen MR) is 64.6 cm³/mol. The summed E-state index contributed by atoms with van der Waals surface area (Å²) in [6.07, 6.45) is 0.121. The van der Waals surface area contributed by atoms with Crippen LogP contribution in [-0.2, 0) is 9.53 Å². The van der Waals surface area contributed by atoms with Crippen molar-refractivity contribution in [3.05, 3.63) is 33.9 Å². The van der Waals surface area contributed by atoms with E-state index in [4.69, 9.17) is 9.47 Å². The molecule has 0 atom stereocenters. The van der Waals surface area contributed by atoms with Crippen LogP contribution in [0.5, 0.6) is 5.75 Å². The molecule has 18 heavy (non-hydrogen) atoms. The van der Waals surface area contributed by atoms with E-state index in [2.05, 4.69) is 0 Å². The van der Waals surface area contributed by atoms with Crippen LogP contribution in [0.1, 0.15) is 18.9 Å². The van der Waals surface area contributed by atoms with Crippen molar-refractivity contribution < 1.29 is 19.2 Å². The van der Waals surface area contributed by atoms with E-state index in [0.29, 0.717) is 12.4 Å². The lowest BCUT2D eigenvalue weighted by molar-refractivity contribution is -0.384. The summed E-state index contributed by atoms with van der Waals surface area (Å²) < 4.78 is 10.1. The molecule has 1 aromatic carbocycles. The summed E-state index contributed by atoms with van der Waals surface area (Å²) in [6, 6.07) is 4.37. The number of ether oxygens (including phenoxy) is 2. The molecule has 0 bridgehead atoms. The minimum Gasteiger partial charge on any atom is -0.492 e. The average molecular weight is 253 g/mol. The first-order valence-electron chi connectivity index (χ1n) is 5.58. The maximum absolute atomic E-state index is 11.1. The Labute approximate surface area is 105 Å². The van der Waals surface area contributed by atoms with Crippen LogP contribution >= 0.6 is 0 Å². The van der Waals surface area contributed by atoms with Crippen molar-refractivity contribution in [2.45, 2.75) is 20.3 Å². The van der Waals surface area contributed by atoms with Crippen molar-refractivity contribution in [1.82, 2.24) is 0 Å².